The van der Waals surface area contributed by atoms with Gasteiger partial charge in [-0.15, -0.1) is 0 Å². The van der Waals surface area contributed by atoms with Gasteiger partial charge in [0.05, 0.1) is 9.79 Å². The van der Waals surface area contributed by atoms with Crippen molar-refractivity contribution in [1.82, 2.24) is 4.98 Å². The molecule has 2 aromatic rings. The van der Waals surface area contributed by atoms with E-state index in [1.54, 1.807) is 37.3 Å². The zero-order chi connectivity index (χ0) is 12.5. The standard InChI is InChI=1S/C12H10ClNO2S/c1-9-7-11(8-14-12(9)13)17(15,16)10-5-3-2-4-6-10/h2-8H,1H3. The topological polar surface area (TPSA) is 47.0 Å². The molecule has 0 radical (unpaired) electrons. The third-order valence-corrected chi connectivity index (χ3v) is 4.49. The van der Waals surface area contributed by atoms with E-state index in [0.717, 1.165) is 0 Å². The van der Waals surface area contributed by atoms with Crippen molar-refractivity contribution < 1.29 is 8.42 Å². The van der Waals surface area contributed by atoms with Gasteiger partial charge in [0.25, 0.3) is 0 Å². The Morgan fingerprint density at radius 3 is 2.35 bits per heavy atom. The summed E-state index contributed by atoms with van der Waals surface area (Å²) in [4.78, 5) is 4.27. The van der Waals surface area contributed by atoms with Crippen molar-refractivity contribution in [3.05, 3.63) is 53.3 Å². The Bertz CT molecular complexity index is 639. The van der Waals surface area contributed by atoms with Crippen LogP contribution in [-0.2, 0) is 9.84 Å². The second kappa shape index (κ2) is 4.47. The molecule has 0 aliphatic rings. The first-order valence-corrected chi connectivity index (χ1v) is 6.80. The largest absolute Gasteiger partial charge is 0.243 e. The van der Waals surface area contributed by atoms with Gasteiger partial charge in [0, 0.05) is 6.20 Å². The van der Waals surface area contributed by atoms with Crippen LogP contribution in [0.3, 0.4) is 0 Å². The zero-order valence-electron chi connectivity index (χ0n) is 9.09. The number of sulfone groups is 1. The maximum Gasteiger partial charge on any atom is 0.208 e. The fourth-order valence-corrected chi connectivity index (χ4v) is 2.83. The molecule has 0 atom stereocenters. The molecule has 2 rings (SSSR count). The first-order valence-electron chi connectivity index (χ1n) is 4.94. The summed E-state index contributed by atoms with van der Waals surface area (Å²) in [5.41, 5.74) is 0.642. The van der Waals surface area contributed by atoms with Gasteiger partial charge in [-0.3, -0.25) is 0 Å². The van der Waals surface area contributed by atoms with Gasteiger partial charge in [-0.2, -0.15) is 0 Å². The summed E-state index contributed by atoms with van der Waals surface area (Å²) in [6.45, 7) is 1.72. The molecule has 0 fully saturated rings. The predicted octanol–water partition coefficient (Wildman–Crippen LogP) is 2.88. The minimum atomic E-state index is -3.50. The first kappa shape index (κ1) is 12.1. The lowest BCUT2D eigenvalue weighted by Gasteiger charge is -2.05. The SMILES string of the molecule is Cc1cc(S(=O)(=O)c2ccccc2)cnc1Cl. The minimum Gasteiger partial charge on any atom is -0.243 e. The molecule has 0 amide bonds. The molecule has 1 aromatic heterocycles. The molecule has 0 bridgehead atoms. The molecule has 0 saturated carbocycles. The summed E-state index contributed by atoms with van der Waals surface area (Å²) >= 11 is 5.77. The molecule has 1 aromatic carbocycles. The molecule has 1 heterocycles. The van der Waals surface area contributed by atoms with Crippen LogP contribution in [0, 0.1) is 6.92 Å². The highest BCUT2D eigenvalue weighted by Gasteiger charge is 2.18. The van der Waals surface area contributed by atoms with Gasteiger partial charge in [-0.1, -0.05) is 29.8 Å². The first-order chi connectivity index (χ1) is 8.01. The van der Waals surface area contributed by atoms with Crippen LogP contribution in [0.4, 0.5) is 0 Å². The van der Waals surface area contributed by atoms with E-state index in [-0.39, 0.29) is 9.79 Å². The van der Waals surface area contributed by atoms with Crippen molar-refractivity contribution in [3.63, 3.8) is 0 Å². The molecular weight excluding hydrogens is 258 g/mol. The van der Waals surface area contributed by atoms with E-state index in [9.17, 15) is 8.42 Å². The van der Waals surface area contributed by atoms with Gasteiger partial charge in [0.2, 0.25) is 9.84 Å². The maximum atomic E-state index is 12.2. The molecule has 17 heavy (non-hydrogen) atoms. The second-order valence-electron chi connectivity index (χ2n) is 3.60. The van der Waals surface area contributed by atoms with E-state index in [1.165, 1.54) is 12.3 Å². The Hall–Kier alpha value is -1.39. The van der Waals surface area contributed by atoms with Crippen LogP contribution in [0.2, 0.25) is 5.15 Å². The summed E-state index contributed by atoms with van der Waals surface area (Å²) in [5.74, 6) is 0. The van der Waals surface area contributed by atoms with Gasteiger partial charge >= 0.3 is 0 Å². The van der Waals surface area contributed by atoms with Crippen molar-refractivity contribution >= 4 is 21.4 Å². The predicted molar refractivity (Wildman–Crippen MR) is 65.9 cm³/mol. The van der Waals surface area contributed by atoms with Crippen molar-refractivity contribution in [1.29, 1.82) is 0 Å². The number of aryl methyl sites for hydroxylation is 1. The Morgan fingerprint density at radius 2 is 1.76 bits per heavy atom. The molecule has 0 saturated heterocycles. The summed E-state index contributed by atoms with van der Waals surface area (Å²) < 4.78 is 24.4. The fourth-order valence-electron chi connectivity index (χ4n) is 1.42. The van der Waals surface area contributed by atoms with E-state index in [4.69, 9.17) is 11.6 Å². The molecule has 0 unspecified atom stereocenters. The molecule has 0 N–H and O–H groups in total. The zero-order valence-corrected chi connectivity index (χ0v) is 10.7. The number of aromatic nitrogens is 1. The van der Waals surface area contributed by atoms with Gasteiger partial charge in [-0.25, -0.2) is 13.4 Å². The summed E-state index contributed by atoms with van der Waals surface area (Å²) in [7, 11) is -3.50. The molecule has 5 heteroatoms. The normalized spacial score (nSPS) is 11.4. The molecule has 0 aliphatic heterocycles. The van der Waals surface area contributed by atoms with Gasteiger partial charge in [0.15, 0.2) is 0 Å². The number of rotatable bonds is 2. The highest BCUT2D eigenvalue weighted by atomic mass is 35.5. The maximum absolute atomic E-state index is 12.2. The molecule has 3 nitrogen and oxygen atoms in total. The quantitative estimate of drug-likeness (QED) is 0.786. The lowest BCUT2D eigenvalue weighted by atomic mass is 10.3. The van der Waals surface area contributed by atoms with Crippen LogP contribution in [0.1, 0.15) is 5.56 Å². The number of benzene rings is 1. The van der Waals surface area contributed by atoms with E-state index in [2.05, 4.69) is 4.98 Å². The number of pyridine rings is 1. The summed E-state index contributed by atoms with van der Waals surface area (Å²) in [6, 6.07) is 9.77. The fraction of sp³-hybridized carbons (Fsp3) is 0.0833. The van der Waals surface area contributed by atoms with E-state index in [1.807, 2.05) is 0 Å². The average Bonchev–Trinajstić information content (AvgIpc) is 2.33. The highest BCUT2D eigenvalue weighted by Crippen LogP contribution is 2.22. The Balaban J connectivity index is 2.57. The van der Waals surface area contributed by atoms with E-state index < -0.39 is 9.84 Å². The van der Waals surface area contributed by atoms with Gasteiger partial charge < -0.3 is 0 Å². The Labute approximate surface area is 105 Å². The monoisotopic (exact) mass is 267 g/mol. The Morgan fingerprint density at radius 1 is 1.12 bits per heavy atom. The van der Waals surface area contributed by atoms with Crippen LogP contribution >= 0.6 is 11.6 Å². The number of halogens is 1. The molecular formula is C12H10ClNO2S. The van der Waals surface area contributed by atoms with Crippen molar-refractivity contribution in [3.8, 4) is 0 Å². The van der Waals surface area contributed by atoms with Crippen molar-refractivity contribution in [2.45, 2.75) is 16.7 Å². The van der Waals surface area contributed by atoms with E-state index >= 15 is 0 Å². The van der Waals surface area contributed by atoms with Crippen LogP contribution in [0.5, 0.6) is 0 Å². The molecule has 0 aliphatic carbocycles. The van der Waals surface area contributed by atoms with Gasteiger partial charge in [-0.05, 0) is 30.7 Å². The average molecular weight is 268 g/mol. The van der Waals surface area contributed by atoms with Crippen LogP contribution < -0.4 is 0 Å². The third-order valence-electron chi connectivity index (χ3n) is 2.35. The number of hydrogen-bond acceptors (Lipinski definition) is 3. The highest BCUT2D eigenvalue weighted by molar-refractivity contribution is 7.91. The Kier molecular flexibility index (Phi) is 3.17. The summed E-state index contributed by atoms with van der Waals surface area (Å²) in [5, 5.41) is 0.317. The number of hydrogen-bond donors (Lipinski definition) is 0. The van der Waals surface area contributed by atoms with Crippen LogP contribution in [0.25, 0.3) is 0 Å². The van der Waals surface area contributed by atoms with E-state index in [0.29, 0.717) is 10.7 Å². The molecule has 0 spiro atoms. The van der Waals surface area contributed by atoms with Crippen LogP contribution in [-0.4, -0.2) is 13.4 Å². The van der Waals surface area contributed by atoms with Crippen molar-refractivity contribution in [2.75, 3.05) is 0 Å². The summed E-state index contributed by atoms with van der Waals surface area (Å²) in [6.07, 6.45) is 1.28. The van der Waals surface area contributed by atoms with Gasteiger partial charge in [0.1, 0.15) is 5.15 Å². The lowest BCUT2D eigenvalue weighted by molar-refractivity contribution is 0.595. The smallest absolute Gasteiger partial charge is 0.208 e. The third kappa shape index (κ3) is 2.33. The lowest BCUT2D eigenvalue weighted by Crippen LogP contribution is -2.03. The van der Waals surface area contributed by atoms with Crippen LogP contribution in [0.15, 0.2) is 52.4 Å². The minimum absolute atomic E-state index is 0.158. The molecule has 88 valence electrons. The van der Waals surface area contributed by atoms with Crippen molar-refractivity contribution in [2.24, 2.45) is 0 Å². The second-order valence-corrected chi connectivity index (χ2v) is 5.90. The number of nitrogens with zero attached hydrogens (tertiary/aromatic N) is 1.